The molecular formula is C49H78N10O13. The Bertz CT molecular complexity index is 2070. The second kappa shape index (κ2) is 29.1. The van der Waals surface area contributed by atoms with Crippen LogP contribution in [0.15, 0.2) is 29.3 Å². The number of aliphatic hydroxyl groups excluding tert-OH is 1. The zero-order chi connectivity index (χ0) is 53.8. The van der Waals surface area contributed by atoms with E-state index in [4.69, 9.17) is 16.2 Å². The van der Waals surface area contributed by atoms with E-state index in [0.717, 1.165) is 35.5 Å². The molecule has 1 aromatic rings. The number of nitrogens with two attached hydrogens (primary N) is 2. The third-order valence-corrected chi connectivity index (χ3v) is 12.7. The number of nitrogens with zero attached hydrogens (tertiary/aromatic N) is 3. The number of carbonyl (C=O) groups is 9. The fourth-order valence-corrected chi connectivity index (χ4v) is 8.55. The lowest BCUT2D eigenvalue weighted by molar-refractivity contribution is -0.166. The number of carboxylic acids is 1. The molecule has 2 aliphatic rings. The Labute approximate surface area is 421 Å². The van der Waals surface area contributed by atoms with Gasteiger partial charge < -0.3 is 67.9 Å². The highest BCUT2D eigenvalue weighted by atomic mass is 16.5. The minimum atomic E-state index is -1.83. The number of hydrogen-bond acceptors (Lipinski definition) is 13. The smallest absolute Gasteiger partial charge is 0.329 e. The Morgan fingerprint density at radius 3 is 2.14 bits per heavy atom. The molecule has 9 atom stereocenters. The second-order valence-electron chi connectivity index (χ2n) is 19.4. The van der Waals surface area contributed by atoms with Crippen LogP contribution in [0.25, 0.3) is 0 Å². The minimum Gasteiger partial charge on any atom is -0.508 e. The van der Waals surface area contributed by atoms with E-state index in [1.165, 1.54) is 26.1 Å². The zero-order valence-electron chi connectivity index (χ0n) is 42.7. The number of cyclic esters (lactones) is 1. The van der Waals surface area contributed by atoms with Crippen LogP contribution in [0, 0.1) is 11.8 Å². The topological polar surface area (TPSA) is 355 Å². The summed E-state index contributed by atoms with van der Waals surface area (Å²) < 4.78 is 5.87. The quantitative estimate of drug-likeness (QED) is 0.0345. The number of guanidine groups is 1. The lowest BCUT2D eigenvalue weighted by Gasteiger charge is -2.43. The van der Waals surface area contributed by atoms with Crippen LogP contribution in [-0.4, -0.2) is 153 Å². The molecular weight excluding hydrogens is 937 g/mol. The van der Waals surface area contributed by atoms with Crippen molar-refractivity contribution in [2.24, 2.45) is 28.3 Å². The highest BCUT2D eigenvalue weighted by Crippen LogP contribution is 2.27. The molecule has 2 aliphatic heterocycles. The number of carbonyl (C=O) groups excluding carboxylic acids is 8. The number of rotatable bonds is 21. The number of piperidine rings is 1. The van der Waals surface area contributed by atoms with E-state index in [1.807, 2.05) is 6.92 Å². The van der Waals surface area contributed by atoms with E-state index < -0.39 is 120 Å². The summed E-state index contributed by atoms with van der Waals surface area (Å²) in [7, 11) is 1.35. The summed E-state index contributed by atoms with van der Waals surface area (Å²) in [6.07, 6.45) is -0.193. The van der Waals surface area contributed by atoms with Gasteiger partial charge in [-0.15, -0.1) is 0 Å². The van der Waals surface area contributed by atoms with Gasteiger partial charge in [-0.3, -0.25) is 43.3 Å². The van der Waals surface area contributed by atoms with Gasteiger partial charge in [0.2, 0.25) is 41.4 Å². The molecule has 2 fully saturated rings. The SMILES string of the molecule is CCCCCCCC(=O)N[C@@H](CCC(=O)O)C(=O)N[C@H]1C(=O)N[C@@H](CCCN=C(N)N)C(=O)N[C@@H]2CC[C@@H](O)N(C2=O)[C@H](CC(C)C)C(=O)N(C)[C@@H](Cc2ccc(O)cc2)C(=O)N[C@@H](C(C)C)C(=O)O[C@@H]1C. The molecule has 0 aromatic heterocycles. The van der Waals surface area contributed by atoms with Crippen molar-refractivity contribution in [2.75, 3.05) is 13.6 Å². The third kappa shape index (κ3) is 18.6. The average Bonchev–Trinajstić information content (AvgIpc) is 3.30. The van der Waals surface area contributed by atoms with Crippen LogP contribution in [-0.2, 0) is 54.3 Å². The summed E-state index contributed by atoms with van der Waals surface area (Å²) in [6.45, 7) is 10.1. The maximum absolute atomic E-state index is 14.8. The Kier molecular flexibility index (Phi) is 24.2. The number of hydrogen-bond donors (Lipinski definition) is 10. The van der Waals surface area contributed by atoms with E-state index in [1.54, 1.807) is 39.8 Å². The molecule has 402 valence electrons. The molecule has 23 heteroatoms. The molecule has 72 heavy (non-hydrogen) atoms. The Balaban J connectivity index is 2.21. The average molecular weight is 1020 g/mol. The number of unbranched alkanes of at least 4 members (excludes halogenated alkanes) is 4. The summed E-state index contributed by atoms with van der Waals surface area (Å²) in [6, 6.07) is -4.39. The van der Waals surface area contributed by atoms with Crippen LogP contribution in [0.1, 0.15) is 131 Å². The number of nitrogens with one attached hydrogen (secondary N) is 5. The number of aliphatic hydroxyl groups is 1. The standard InChI is InChI=1S/C49H78N10O13/c1-8-9-10-11-12-15-37(61)53-33(21-23-39(63)64)43(66)57-41-29(6)72-48(71)40(28(4)5)56-44(67)35(26-30-16-18-31(60)19-17-30)58(7)47(70)36(25-27(2)3)59-38(62)22-20-34(46(59)69)55-42(65)32(54-45(41)68)14-13-24-52-49(50)51/h16-19,27-29,32-36,38,40-41,60,62H,8-15,20-26H2,1-7H3,(H,53,61)(H,54,68)(H,55,65)(H,56,67)(H,57,66)(H,63,64)(H4,50,51,52)/t29-,32+,33+,34-,35+,36-,38-,40+,41-/m1/s1. The predicted molar refractivity (Wildman–Crippen MR) is 264 cm³/mol. The number of likely N-dealkylation sites (N-methyl/N-ethyl adjacent to an activating group) is 1. The first kappa shape index (κ1) is 59.8. The summed E-state index contributed by atoms with van der Waals surface area (Å²) >= 11 is 0. The van der Waals surface area contributed by atoms with E-state index in [-0.39, 0.29) is 75.5 Å². The first-order valence-corrected chi connectivity index (χ1v) is 25.0. The number of phenols is 1. The van der Waals surface area contributed by atoms with Gasteiger partial charge >= 0.3 is 11.9 Å². The van der Waals surface area contributed by atoms with Crippen LogP contribution in [0.5, 0.6) is 5.75 Å². The fraction of sp³-hybridized carbons (Fsp3) is 0.673. The van der Waals surface area contributed by atoms with Gasteiger partial charge in [0, 0.05) is 32.9 Å². The molecule has 0 aliphatic carbocycles. The van der Waals surface area contributed by atoms with Crippen molar-refractivity contribution in [2.45, 2.75) is 186 Å². The molecule has 12 N–H and O–H groups in total. The number of aliphatic imine (C=N–C) groups is 1. The molecule has 0 unspecified atom stereocenters. The predicted octanol–water partition coefficient (Wildman–Crippen LogP) is 0.421. The van der Waals surface area contributed by atoms with Gasteiger partial charge in [0.05, 0.1) is 0 Å². The highest BCUT2D eigenvalue weighted by Gasteiger charge is 2.46. The normalized spacial score (nSPS) is 24.2. The molecule has 2 bridgehead atoms. The van der Waals surface area contributed by atoms with Crippen LogP contribution in [0.4, 0.5) is 0 Å². The van der Waals surface area contributed by atoms with Gasteiger partial charge in [0.25, 0.3) is 0 Å². The molecule has 0 saturated carbocycles. The second-order valence-corrected chi connectivity index (χ2v) is 19.4. The molecule has 2 heterocycles. The van der Waals surface area contributed by atoms with E-state index in [2.05, 4.69) is 31.6 Å². The lowest BCUT2D eigenvalue weighted by Crippen LogP contribution is -2.65. The van der Waals surface area contributed by atoms with Crippen molar-refractivity contribution in [1.82, 2.24) is 36.4 Å². The first-order valence-electron chi connectivity index (χ1n) is 25.0. The van der Waals surface area contributed by atoms with Crippen LogP contribution >= 0.6 is 0 Å². The Hall–Kier alpha value is -6.52. The number of esters is 1. The van der Waals surface area contributed by atoms with Crippen molar-refractivity contribution in [1.29, 1.82) is 0 Å². The van der Waals surface area contributed by atoms with Gasteiger partial charge in [-0.05, 0) is 81.4 Å². The van der Waals surface area contributed by atoms with Crippen molar-refractivity contribution in [3.05, 3.63) is 29.8 Å². The number of ether oxygens (including phenoxy) is 1. The van der Waals surface area contributed by atoms with Crippen molar-refractivity contribution in [3.8, 4) is 5.75 Å². The maximum atomic E-state index is 14.8. The molecule has 2 saturated heterocycles. The molecule has 3 rings (SSSR count). The van der Waals surface area contributed by atoms with Gasteiger partial charge in [-0.25, -0.2) is 4.79 Å². The zero-order valence-corrected chi connectivity index (χ0v) is 42.7. The van der Waals surface area contributed by atoms with Crippen molar-refractivity contribution < 1.29 is 63.2 Å². The van der Waals surface area contributed by atoms with Crippen LogP contribution in [0.3, 0.4) is 0 Å². The summed E-state index contributed by atoms with van der Waals surface area (Å²) in [5, 5.41) is 44.0. The molecule has 7 amide bonds. The number of aliphatic carboxylic acids is 1. The van der Waals surface area contributed by atoms with Crippen LogP contribution in [0.2, 0.25) is 0 Å². The van der Waals surface area contributed by atoms with Gasteiger partial charge in [-0.1, -0.05) is 72.4 Å². The van der Waals surface area contributed by atoms with E-state index in [0.29, 0.717) is 12.0 Å². The van der Waals surface area contributed by atoms with Gasteiger partial charge in [0.15, 0.2) is 5.96 Å². The summed E-state index contributed by atoms with van der Waals surface area (Å²) in [5.74, 6) is -9.43. The van der Waals surface area contributed by atoms with Crippen LogP contribution < -0.4 is 38.1 Å². The van der Waals surface area contributed by atoms with E-state index in [9.17, 15) is 58.5 Å². The first-order chi connectivity index (χ1) is 33.9. The summed E-state index contributed by atoms with van der Waals surface area (Å²) in [4.78, 5) is 132. The number of phenolic OH excluding ortho intramolecular Hbond substituents is 1. The number of fused-ring (bicyclic) bond motifs is 2. The minimum absolute atomic E-state index is 0.00458. The Morgan fingerprint density at radius 2 is 1.53 bits per heavy atom. The monoisotopic (exact) mass is 1010 g/mol. The number of amides is 7. The van der Waals surface area contributed by atoms with Gasteiger partial charge in [0.1, 0.15) is 60.4 Å². The molecule has 0 radical (unpaired) electrons. The number of aromatic hydroxyl groups is 1. The van der Waals surface area contributed by atoms with Crippen molar-refractivity contribution >= 4 is 59.2 Å². The van der Waals surface area contributed by atoms with Crippen molar-refractivity contribution in [3.63, 3.8) is 0 Å². The molecule has 1 aromatic carbocycles. The fourth-order valence-electron chi connectivity index (χ4n) is 8.55. The van der Waals surface area contributed by atoms with E-state index >= 15 is 0 Å². The summed E-state index contributed by atoms with van der Waals surface area (Å²) in [5.41, 5.74) is 11.6. The Morgan fingerprint density at radius 1 is 0.861 bits per heavy atom. The highest BCUT2D eigenvalue weighted by molar-refractivity contribution is 5.98. The van der Waals surface area contributed by atoms with Gasteiger partial charge in [-0.2, -0.15) is 0 Å². The lowest BCUT2D eigenvalue weighted by atomic mass is 9.94. The third-order valence-electron chi connectivity index (χ3n) is 12.7. The number of benzene rings is 1. The molecule has 0 spiro atoms. The number of carboxylic acid groups (broad SMARTS) is 1. The molecule has 23 nitrogen and oxygen atoms in total. The largest absolute Gasteiger partial charge is 0.508 e. The maximum Gasteiger partial charge on any atom is 0.329 e.